The van der Waals surface area contributed by atoms with Gasteiger partial charge >= 0.3 is 0 Å². The molecule has 0 aliphatic rings. The van der Waals surface area contributed by atoms with E-state index in [1.807, 2.05) is 57.2 Å². The van der Waals surface area contributed by atoms with E-state index in [1.54, 1.807) is 7.05 Å². The average molecular weight is 401 g/mol. The van der Waals surface area contributed by atoms with E-state index in [9.17, 15) is 9.59 Å². The zero-order chi connectivity index (χ0) is 19.7. The van der Waals surface area contributed by atoms with Crippen LogP contribution in [0.3, 0.4) is 0 Å². The molecule has 6 heteroatoms. The lowest BCUT2D eigenvalue weighted by molar-refractivity contribution is -0.116. The van der Waals surface area contributed by atoms with Gasteiger partial charge in [0.1, 0.15) is 4.88 Å². The van der Waals surface area contributed by atoms with Crippen LogP contribution in [-0.4, -0.2) is 30.3 Å². The molecule has 0 saturated heterocycles. The standard InChI is InChI=1S/C21H21ClN2O2S/c1-12-9-13(2)19(14(3)10-12)23-17(25)11-24(4)21(26)20-18(22)15-7-5-6-8-16(15)27-20/h5-10H,11H2,1-4H3,(H,23,25). The number of likely N-dealkylation sites (N-methyl/N-ethyl adjacent to an activating group) is 1. The molecule has 0 aliphatic heterocycles. The first-order chi connectivity index (χ1) is 12.8. The Balaban J connectivity index is 1.74. The van der Waals surface area contributed by atoms with Gasteiger partial charge in [-0.15, -0.1) is 11.3 Å². The van der Waals surface area contributed by atoms with Crippen molar-refractivity contribution < 1.29 is 9.59 Å². The molecule has 0 saturated carbocycles. The minimum atomic E-state index is -0.256. The molecule has 1 aromatic heterocycles. The van der Waals surface area contributed by atoms with Gasteiger partial charge in [0.25, 0.3) is 5.91 Å². The zero-order valence-electron chi connectivity index (χ0n) is 15.7. The van der Waals surface area contributed by atoms with Crippen LogP contribution in [0.5, 0.6) is 0 Å². The zero-order valence-corrected chi connectivity index (χ0v) is 17.3. The number of hydrogen-bond donors (Lipinski definition) is 1. The van der Waals surface area contributed by atoms with E-state index >= 15 is 0 Å². The van der Waals surface area contributed by atoms with Crippen molar-refractivity contribution in [3.8, 4) is 0 Å². The van der Waals surface area contributed by atoms with Crippen LogP contribution in [0.15, 0.2) is 36.4 Å². The highest BCUT2D eigenvalue weighted by atomic mass is 35.5. The molecule has 1 heterocycles. The van der Waals surface area contributed by atoms with Gasteiger partial charge in [-0.25, -0.2) is 0 Å². The first-order valence-corrected chi connectivity index (χ1v) is 9.77. The number of thiophene rings is 1. The average Bonchev–Trinajstić information content (AvgIpc) is 2.94. The van der Waals surface area contributed by atoms with Crippen molar-refractivity contribution >= 4 is 50.5 Å². The van der Waals surface area contributed by atoms with Crippen molar-refractivity contribution in [1.82, 2.24) is 4.90 Å². The third-order valence-electron chi connectivity index (χ3n) is 4.40. The number of halogens is 1. The van der Waals surface area contributed by atoms with Crippen molar-refractivity contribution in [2.24, 2.45) is 0 Å². The van der Waals surface area contributed by atoms with Crippen molar-refractivity contribution in [3.63, 3.8) is 0 Å². The Labute approximate surface area is 167 Å². The molecule has 0 unspecified atom stereocenters. The maximum atomic E-state index is 12.8. The lowest BCUT2D eigenvalue weighted by Crippen LogP contribution is -2.34. The van der Waals surface area contributed by atoms with Gasteiger partial charge in [-0.2, -0.15) is 0 Å². The second-order valence-corrected chi connectivity index (χ2v) is 8.15. The maximum Gasteiger partial charge on any atom is 0.265 e. The van der Waals surface area contributed by atoms with E-state index in [-0.39, 0.29) is 18.4 Å². The summed E-state index contributed by atoms with van der Waals surface area (Å²) in [5, 5.41) is 4.22. The summed E-state index contributed by atoms with van der Waals surface area (Å²) in [5.41, 5.74) is 3.95. The molecule has 4 nitrogen and oxygen atoms in total. The fourth-order valence-corrected chi connectivity index (χ4v) is 4.67. The molecule has 1 N–H and O–H groups in total. The van der Waals surface area contributed by atoms with Gasteiger partial charge in [0.15, 0.2) is 0 Å². The molecule has 0 fully saturated rings. The molecule has 3 aromatic rings. The summed E-state index contributed by atoms with van der Waals surface area (Å²) < 4.78 is 0.953. The number of rotatable bonds is 4. The van der Waals surface area contributed by atoms with Crippen LogP contribution in [0, 0.1) is 20.8 Å². The summed E-state index contributed by atoms with van der Waals surface area (Å²) in [7, 11) is 1.61. The van der Waals surface area contributed by atoms with Gasteiger partial charge in [0.2, 0.25) is 5.91 Å². The summed E-state index contributed by atoms with van der Waals surface area (Å²) in [6.45, 7) is 5.89. The summed E-state index contributed by atoms with van der Waals surface area (Å²) in [6, 6.07) is 11.7. The summed E-state index contributed by atoms with van der Waals surface area (Å²) >= 11 is 7.72. The van der Waals surface area contributed by atoms with E-state index in [2.05, 4.69) is 5.32 Å². The number of aryl methyl sites for hydroxylation is 3. The van der Waals surface area contributed by atoms with Crippen LogP contribution in [0.25, 0.3) is 10.1 Å². The molecule has 0 spiro atoms. The Morgan fingerprint density at radius 3 is 2.37 bits per heavy atom. The topological polar surface area (TPSA) is 49.4 Å². The molecular formula is C21H21ClN2O2S. The Hall–Kier alpha value is -2.37. The Kier molecular flexibility index (Phi) is 5.53. The molecule has 2 aromatic carbocycles. The van der Waals surface area contributed by atoms with E-state index in [4.69, 9.17) is 11.6 Å². The quantitative estimate of drug-likeness (QED) is 0.655. The van der Waals surface area contributed by atoms with Gasteiger partial charge in [0.05, 0.1) is 11.6 Å². The SMILES string of the molecule is Cc1cc(C)c(NC(=O)CN(C)C(=O)c2sc3ccccc3c2Cl)c(C)c1. The van der Waals surface area contributed by atoms with Crippen molar-refractivity contribution in [2.45, 2.75) is 20.8 Å². The van der Waals surface area contributed by atoms with E-state index < -0.39 is 0 Å². The number of carbonyl (C=O) groups is 2. The van der Waals surface area contributed by atoms with Crippen LogP contribution >= 0.6 is 22.9 Å². The van der Waals surface area contributed by atoms with Gasteiger partial charge in [-0.3, -0.25) is 9.59 Å². The highest BCUT2D eigenvalue weighted by Crippen LogP contribution is 2.35. The number of amides is 2. The van der Waals surface area contributed by atoms with Gasteiger partial charge in [-0.1, -0.05) is 47.5 Å². The minimum Gasteiger partial charge on any atom is -0.332 e. The molecule has 140 valence electrons. The Morgan fingerprint density at radius 2 is 1.74 bits per heavy atom. The Morgan fingerprint density at radius 1 is 1.11 bits per heavy atom. The lowest BCUT2D eigenvalue weighted by Gasteiger charge is -2.18. The van der Waals surface area contributed by atoms with E-state index in [0.29, 0.717) is 9.90 Å². The lowest BCUT2D eigenvalue weighted by atomic mass is 10.1. The number of nitrogens with zero attached hydrogens (tertiary/aromatic N) is 1. The fourth-order valence-electron chi connectivity index (χ4n) is 3.17. The highest BCUT2D eigenvalue weighted by molar-refractivity contribution is 7.21. The predicted molar refractivity (Wildman–Crippen MR) is 113 cm³/mol. The second kappa shape index (κ2) is 7.71. The number of anilines is 1. The van der Waals surface area contributed by atoms with Crippen LogP contribution in [0.2, 0.25) is 5.02 Å². The molecule has 0 aliphatic carbocycles. The van der Waals surface area contributed by atoms with Gasteiger partial charge in [0, 0.05) is 22.8 Å². The third kappa shape index (κ3) is 3.99. The summed E-state index contributed by atoms with van der Waals surface area (Å²) in [6.07, 6.45) is 0. The molecule has 27 heavy (non-hydrogen) atoms. The van der Waals surface area contributed by atoms with E-state index in [0.717, 1.165) is 32.5 Å². The van der Waals surface area contributed by atoms with Gasteiger partial charge < -0.3 is 10.2 Å². The van der Waals surface area contributed by atoms with Gasteiger partial charge in [-0.05, 0) is 38.0 Å². The monoisotopic (exact) mass is 400 g/mol. The number of carbonyl (C=O) groups excluding carboxylic acids is 2. The molecular weight excluding hydrogens is 380 g/mol. The highest BCUT2D eigenvalue weighted by Gasteiger charge is 2.22. The molecule has 0 atom stereocenters. The summed E-state index contributed by atoms with van der Waals surface area (Å²) in [5.74, 6) is -0.494. The molecule has 3 rings (SSSR count). The molecule has 0 bridgehead atoms. The van der Waals surface area contributed by atoms with Crippen LogP contribution in [-0.2, 0) is 4.79 Å². The largest absolute Gasteiger partial charge is 0.332 e. The smallest absolute Gasteiger partial charge is 0.265 e. The Bertz CT molecular complexity index is 1020. The van der Waals surface area contributed by atoms with Crippen molar-refractivity contribution in [3.05, 3.63) is 63.0 Å². The first kappa shape index (κ1) is 19.4. The normalized spacial score (nSPS) is 10.9. The fraction of sp³-hybridized carbons (Fsp3) is 0.238. The molecule has 2 amide bonds. The minimum absolute atomic E-state index is 0.0455. The van der Waals surface area contributed by atoms with Crippen molar-refractivity contribution in [2.75, 3.05) is 18.9 Å². The van der Waals surface area contributed by atoms with Crippen molar-refractivity contribution in [1.29, 1.82) is 0 Å². The molecule has 0 radical (unpaired) electrons. The third-order valence-corrected chi connectivity index (χ3v) is 6.06. The van der Waals surface area contributed by atoms with Crippen LogP contribution in [0.1, 0.15) is 26.4 Å². The number of benzene rings is 2. The summed E-state index contributed by atoms with van der Waals surface area (Å²) in [4.78, 5) is 27.1. The predicted octanol–water partition coefficient (Wildman–Crippen LogP) is 5.19. The second-order valence-electron chi connectivity index (χ2n) is 6.72. The first-order valence-electron chi connectivity index (χ1n) is 8.58. The number of nitrogens with one attached hydrogen (secondary N) is 1. The van der Waals surface area contributed by atoms with Crippen LogP contribution < -0.4 is 5.32 Å². The van der Waals surface area contributed by atoms with E-state index in [1.165, 1.54) is 16.2 Å². The maximum absolute atomic E-state index is 12.8. The van der Waals surface area contributed by atoms with Crippen LogP contribution in [0.4, 0.5) is 5.69 Å². The number of hydrogen-bond acceptors (Lipinski definition) is 3. The number of fused-ring (bicyclic) bond motifs is 1.